The maximum Gasteiger partial charge on any atom is 0.243 e. The van der Waals surface area contributed by atoms with E-state index in [0.717, 1.165) is 24.5 Å². The largest absolute Gasteiger partial charge is 0.494 e. The van der Waals surface area contributed by atoms with Gasteiger partial charge in [0.1, 0.15) is 5.75 Å². The van der Waals surface area contributed by atoms with Crippen LogP contribution in [-0.4, -0.2) is 35.2 Å². The summed E-state index contributed by atoms with van der Waals surface area (Å²) in [5.41, 5.74) is 0. The second kappa shape index (κ2) is 6.92. The van der Waals surface area contributed by atoms with Crippen LogP contribution in [0.1, 0.15) is 49.9 Å². The van der Waals surface area contributed by atoms with Gasteiger partial charge in [0.25, 0.3) is 0 Å². The van der Waals surface area contributed by atoms with Crippen molar-refractivity contribution in [3.05, 3.63) is 42.0 Å². The lowest BCUT2D eigenvalue weighted by Gasteiger charge is -2.21. The second-order valence-electron chi connectivity index (χ2n) is 5.94. The molecule has 1 aliphatic carbocycles. The van der Waals surface area contributed by atoms with Gasteiger partial charge in [-0.3, -0.25) is 4.90 Å². The van der Waals surface area contributed by atoms with Crippen molar-refractivity contribution in [2.75, 3.05) is 20.2 Å². The summed E-state index contributed by atoms with van der Waals surface area (Å²) >= 11 is 0. The standard InChI is InChI=1S/C17H23N3O2/c1-13(17-18-16(19-22-17)14-9-10-14)20(2)11-6-12-21-15-7-4-3-5-8-15/h3-5,7-8,13-14H,6,9-12H2,1-2H3. The normalized spacial score (nSPS) is 16.0. The van der Waals surface area contributed by atoms with Gasteiger partial charge in [-0.05, 0) is 45.4 Å². The van der Waals surface area contributed by atoms with Gasteiger partial charge in [0.2, 0.25) is 5.89 Å². The topological polar surface area (TPSA) is 51.4 Å². The van der Waals surface area contributed by atoms with Crippen LogP contribution in [0.25, 0.3) is 0 Å². The van der Waals surface area contributed by atoms with E-state index in [1.165, 1.54) is 12.8 Å². The summed E-state index contributed by atoms with van der Waals surface area (Å²) in [6.07, 6.45) is 3.35. The summed E-state index contributed by atoms with van der Waals surface area (Å²) in [7, 11) is 2.08. The molecular formula is C17H23N3O2. The first kappa shape index (κ1) is 15.0. The molecule has 3 rings (SSSR count). The van der Waals surface area contributed by atoms with Crippen molar-refractivity contribution in [2.45, 2.75) is 38.1 Å². The van der Waals surface area contributed by atoms with Crippen LogP contribution in [0.3, 0.4) is 0 Å². The fourth-order valence-electron chi connectivity index (χ4n) is 2.33. The molecule has 22 heavy (non-hydrogen) atoms. The van der Waals surface area contributed by atoms with Gasteiger partial charge in [-0.2, -0.15) is 4.98 Å². The van der Waals surface area contributed by atoms with Crippen LogP contribution in [-0.2, 0) is 0 Å². The maximum absolute atomic E-state index is 5.71. The highest BCUT2D eigenvalue weighted by atomic mass is 16.5. The van der Waals surface area contributed by atoms with Gasteiger partial charge in [-0.15, -0.1) is 0 Å². The number of hydrogen-bond donors (Lipinski definition) is 0. The summed E-state index contributed by atoms with van der Waals surface area (Å²) < 4.78 is 11.1. The fraction of sp³-hybridized carbons (Fsp3) is 0.529. The third-order valence-electron chi connectivity index (χ3n) is 4.09. The lowest BCUT2D eigenvalue weighted by molar-refractivity contribution is 0.192. The molecule has 0 N–H and O–H groups in total. The first-order valence-electron chi connectivity index (χ1n) is 7.95. The highest BCUT2D eigenvalue weighted by Gasteiger charge is 2.30. The molecule has 1 unspecified atom stereocenters. The average molecular weight is 301 g/mol. The Morgan fingerprint density at radius 2 is 2.09 bits per heavy atom. The van der Waals surface area contributed by atoms with E-state index in [2.05, 4.69) is 29.0 Å². The van der Waals surface area contributed by atoms with Crippen LogP contribution in [0.4, 0.5) is 0 Å². The Morgan fingerprint density at radius 1 is 1.32 bits per heavy atom. The molecule has 1 aromatic heterocycles. The van der Waals surface area contributed by atoms with Gasteiger partial charge in [0, 0.05) is 12.5 Å². The Kier molecular flexibility index (Phi) is 4.73. The molecule has 5 nitrogen and oxygen atoms in total. The molecule has 118 valence electrons. The van der Waals surface area contributed by atoms with Crippen molar-refractivity contribution >= 4 is 0 Å². The smallest absolute Gasteiger partial charge is 0.243 e. The molecule has 1 fully saturated rings. The van der Waals surface area contributed by atoms with E-state index in [1.807, 2.05) is 30.3 Å². The third-order valence-corrected chi connectivity index (χ3v) is 4.09. The zero-order valence-corrected chi connectivity index (χ0v) is 13.2. The molecule has 1 aliphatic rings. The van der Waals surface area contributed by atoms with Gasteiger partial charge in [-0.1, -0.05) is 23.4 Å². The van der Waals surface area contributed by atoms with Crippen molar-refractivity contribution in [3.8, 4) is 5.75 Å². The van der Waals surface area contributed by atoms with E-state index in [-0.39, 0.29) is 6.04 Å². The van der Waals surface area contributed by atoms with Gasteiger partial charge < -0.3 is 9.26 Å². The molecule has 5 heteroatoms. The minimum atomic E-state index is 0.136. The van der Waals surface area contributed by atoms with E-state index in [9.17, 15) is 0 Å². The van der Waals surface area contributed by atoms with E-state index in [0.29, 0.717) is 18.4 Å². The van der Waals surface area contributed by atoms with Crippen LogP contribution < -0.4 is 4.74 Å². The zero-order chi connectivity index (χ0) is 15.4. The van der Waals surface area contributed by atoms with Crippen molar-refractivity contribution in [2.24, 2.45) is 0 Å². The summed E-state index contributed by atoms with van der Waals surface area (Å²) in [5.74, 6) is 3.05. The Morgan fingerprint density at radius 3 is 2.82 bits per heavy atom. The fourth-order valence-corrected chi connectivity index (χ4v) is 2.33. The molecule has 0 spiro atoms. The first-order valence-corrected chi connectivity index (χ1v) is 7.95. The summed E-state index contributed by atoms with van der Waals surface area (Å²) in [5, 5.41) is 4.08. The molecule has 1 aromatic carbocycles. The van der Waals surface area contributed by atoms with E-state index in [1.54, 1.807) is 0 Å². The Labute approximate surface area is 131 Å². The molecular weight excluding hydrogens is 278 g/mol. The molecule has 2 aromatic rings. The van der Waals surface area contributed by atoms with Crippen LogP contribution in [0.2, 0.25) is 0 Å². The summed E-state index contributed by atoms with van der Waals surface area (Å²) in [6, 6.07) is 10.0. The van der Waals surface area contributed by atoms with Crippen molar-refractivity contribution in [1.29, 1.82) is 0 Å². The van der Waals surface area contributed by atoms with E-state index >= 15 is 0 Å². The zero-order valence-electron chi connectivity index (χ0n) is 13.2. The van der Waals surface area contributed by atoms with Crippen LogP contribution in [0.5, 0.6) is 5.75 Å². The molecule has 0 aliphatic heterocycles. The first-order chi connectivity index (χ1) is 10.7. The van der Waals surface area contributed by atoms with Gasteiger partial charge >= 0.3 is 0 Å². The average Bonchev–Trinajstić information content (AvgIpc) is 3.29. The van der Waals surface area contributed by atoms with Crippen molar-refractivity contribution in [1.82, 2.24) is 15.0 Å². The highest BCUT2D eigenvalue weighted by molar-refractivity contribution is 5.20. The third kappa shape index (κ3) is 3.85. The predicted molar refractivity (Wildman–Crippen MR) is 83.9 cm³/mol. The number of para-hydroxylation sites is 1. The SMILES string of the molecule is CC(c1nc(C2CC2)no1)N(C)CCCOc1ccccc1. The second-order valence-corrected chi connectivity index (χ2v) is 5.94. The number of aromatic nitrogens is 2. The lowest BCUT2D eigenvalue weighted by Crippen LogP contribution is -2.25. The molecule has 0 bridgehead atoms. The van der Waals surface area contributed by atoms with Crippen LogP contribution in [0.15, 0.2) is 34.9 Å². The number of hydrogen-bond acceptors (Lipinski definition) is 5. The van der Waals surface area contributed by atoms with E-state index in [4.69, 9.17) is 9.26 Å². The van der Waals surface area contributed by atoms with Crippen molar-refractivity contribution in [3.63, 3.8) is 0 Å². The highest BCUT2D eigenvalue weighted by Crippen LogP contribution is 2.38. The van der Waals surface area contributed by atoms with Crippen molar-refractivity contribution < 1.29 is 9.26 Å². The van der Waals surface area contributed by atoms with E-state index < -0.39 is 0 Å². The molecule has 1 saturated carbocycles. The molecule has 0 saturated heterocycles. The minimum absolute atomic E-state index is 0.136. The number of rotatable bonds is 8. The predicted octanol–water partition coefficient (Wildman–Crippen LogP) is 3.41. The van der Waals surface area contributed by atoms with Crippen LogP contribution in [0, 0.1) is 0 Å². The molecule has 1 atom stereocenters. The molecule has 1 heterocycles. The number of ether oxygens (including phenoxy) is 1. The summed E-state index contributed by atoms with van der Waals surface area (Å²) in [6.45, 7) is 3.73. The van der Waals surface area contributed by atoms with Gasteiger partial charge in [0.05, 0.1) is 12.6 Å². The molecule has 0 radical (unpaired) electrons. The lowest BCUT2D eigenvalue weighted by atomic mass is 10.2. The Bertz CT molecular complexity index is 581. The number of nitrogens with zero attached hydrogens (tertiary/aromatic N) is 3. The quantitative estimate of drug-likeness (QED) is 0.699. The van der Waals surface area contributed by atoms with Gasteiger partial charge in [-0.25, -0.2) is 0 Å². The maximum atomic E-state index is 5.71. The number of benzene rings is 1. The molecule has 0 amide bonds. The summed E-state index contributed by atoms with van der Waals surface area (Å²) in [4.78, 5) is 6.74. The Balaban J connectivity index is 1.41. The monoisotopic (exact) mass is 301 g/mol. The van der Waals surface area contributed by atoms with Gasteiger partial charge in [0.15, 0.2) is 5.82 Å². The van der Waals surface area contributed by atoms with Crippen LogP contribution >= 0.6 is 0 Å². The Hall–Kier alpha value is -1.88. The minimum Gasteiger partial charge on any atom is -0.494 e.